The Kier molecular flexibility index (Phi) is 6.67. The molecule has 1 fully saturated rings. The number of ether oxygens (including phenoxy) is 1. The van der Waals surface area contributed by atoms with Crippen molar-refractivity contribution in [1.82, 2.24) is 10.2 Å². The minimum Gasteiger partial charge on any atom is -0.494 e. The van der Waals surface area contributed by atoms with Crippen LogP contribution in [-0.2, 0) is 4.79 Å². The molecule has 3 aromatic carbocycles. The smallest absolute Gasteiger partial charge is 0.328 e. The number of aromatic amines is 1. The maximum absolute atomic E-state index is 14.5. The highest BCUT2D eigenvalue weighted by molar-refractivity contribution is 6.01. The molecule has 5 nitrogen and oxygen atoms in total. The zero-order chi connectivity index (χ0) is 25.1. The first-order valence-corrected chi connectivity index (χ1v) is 12.2. The molecule has 0 atom stereocenters. The van der Waals surface area contributed by atoms with Crippen LogP contribution in [0.5, 0.6) is 5.75 Å². The Hall–Kier alpha value is -4.19. The van der Waals surface area contributed by atoms with Crippen molar-refractivity contribution in [3.8, 4) is 5.75 Å². The number of hydrogen-bond donors (Lipinski definition) is 2. The lowest BCUT2D eigenvalue weighted by atomic mass is 9.73. The zero-order valence-electron chi connectivity index (χ0n) is 20.0. The second kappa shape index (κ2) is 10.2. The monoisotopic (exact) mass is 482 g/mol. The number of fused-ring (bicyclic) bond motifs is 1. The summed E-state index contributed by atoms with van der Waals surface area (Å²) in [5, 5.41) is 15.9. The number of carbonyl (C=O) groups is 1. The van der Waals surface area contributed by atoms with E-state index in [1.54, 1.807) is 6.08 Å². The van der Waals surface area contributed by atoms with Gasteiger partial charge in [-0.25, -0.2) is 4.79 Å². The highest BCUT2D eigenvalue weighted by Crippen LogP contribution is 2.45. The van der Waals surface area contributed by atoms with Crippen LogP contribution in [-0.4, -0.2) is 27.9 Å². The van der Waals surface area contributed by atoms with Crippen LogP contribution in [0.3, 0.4) is 0 Å². The molecule has 0 saturated heterocycles. The van der Waals surface area contributed by atoms with Crippen molar-refractivity contribution in [3.63, 3.8) is 0 Å². The number of benzene rings is 3. The fourth-order valence-electron chi connectivity index (χ4n) is 4.72. The molecule has 1 heterocycles. The van der Waals surface area contributed by atoms with Gasteiger partial charge in [0.25, 0.3) is 0 Å². The minimum atomic E-state index is -0.988. The van der Waals surface area contributed by atoms with Gasteiger partial charge in [-0.05, 0) is 89.4 Å². The Labute approximate surface area is 208 Å². The number of aromatic nitrogens is 2. The topological polar surface area (TPSA) is 75.2 Å². The van der Waals surface area contributed by atoms with E-state index in [0.717, 1.165) is 52.5 Å². The standard InChI is InChI=1S/C30H27FN2O3/c1-2-36-24-14-11-22(12-15-24)28(20-4-3-5-20)29(21-9-6-19(7-10-21)8-17-27(34)35)23-13-16-26-25(18-23)30(31)33-32-26/h6-18,20H,2-5H2,1H3,(H,32,33)(H,34,35)/b17-8+,29-28+. The van der Waals surface area contributed by atoms with Crippen molar-refractivity contribution in [1.29, 1.82) is 0 Å². The summed E-state index contributed by atoms with van der Waals surface area (Å²) in [6, 6.07) is 21.7. The molecule has 0 amide bonds. The van der Waals surface area contributed by atoms with Crippen LogP contribution >= 0.6 is 0 Å². The molecular formula is C30H27FN2O3. The Morgan fingerprint density at radius 1 is 1.06 bits per heavy atom. The summed E-state index contributed by atoms with van der Waals surface area (Å²) in [6.07, 6.45) is 6.05. The van der Waals surface area contributed by atoms with E-state index in [-0.39, 0.29) is 0 Å². The molecule has 2 N–H and O–H groups in total. The Morgan fingerprint density at radius 3 is 2.39 bits per heavy atom. The normalized spacial score (nSPS) is 14.6. The Balaban J connectivity index is 1.71. The molecule has 4 aromatic rings. The Bertz CT molecular complexity index is 1450. The van der Waals surface area contributed by atoms with Gasteiger partial charge in [-0.3, -0.25) is 5.10 Å². The van der Waals surface area contributed by atoms with E-state index in [2.05, 4.69) is 22.3 Å². The largest absolute Gasteiger partial charge is 0.494 e. The van der Waals surface area contributed by atoms with E-state index < -0.39 is 11.9 Å². The van der Waals surface area contributed by atoms with Gasteiger partial charge in [0, 0.05) is 6.08 Å². The van der Waals surface area contributed by atoms with Crippen LogP contribution in [0.15, 0.2) is 72.8 Å². The van der Waals surface area contributed by atoms with Crippen LogP contribution in [0.1, 0.15) is 48.4 Å². The molecule has 0 unspecified atom stereocenters. The molecule has 36 heavy (non-hydrogen) atoms. The number of nitrogens with zero attached hydrogens (tertiary/aromatic N) is 1. The number of carboxylic acid groups (broad SMARTS) is 1. The highest BCUT2D eigenvalue weighted by Gasteiger charge is 2.27. The third kappa shape index (κ3) is 4.80. The SMILES string of the molecule is CCOc1ccc(/C(=C(\c2ccc(/C=C/C(=O)O)cc2)c2ccc3n[nH]c(F)c3c2)C2CCC2)cc1. The van der Waals surface area contributed by atoms with E-state index >= 15 is 0 Å². The van der Waals surface area contributed by atoms with Gasteiger partial charge in [-0.1, -0.05) is 48.9 Å². The first-order valence-electron chi connectivity index (χ1n) is 12.2. The van der Waals surface area contributed by atoms with Gasteiger partial charge in [-0.15, -0.1) is 0 Å². The van der Waals surface area contributed by atoms with Crippen LogP contribution in [0.25, 0.3) is 28.1 Å². The average Bonchev–Trinajstić information content (AvgIpc) is 3.23. The van der Waals surface area contributed by atoms with Crippen LogP contribution < -0.4 is 4.74 Å². The zero-order valence-corrected chi connectivity index (χ0v) is 20.0. The van der Waals surface area contributed by atoms with E-state index in [1.807, 2.05) is 61.5 Å². The van der Waals surface area contributed by atoms with Gasteiger partial charge in [0.2, 0.25) is 5.95 Å². The number of carboxylic acids is 1. The van der Waals surface area contributed by atoms with Gasteiger partial charge in [0.05, 0.1) is 17.5 Å². The van der Waals surface area contributed by atoms with Gasteiger partial charge in [0.15, 0.2) is 0 Å². The lowest BCUT2D eigenvalue weighted by Crippen LogP contribution is -2.15. The summed E-state index contributed by atoms with van der Waals surface area (Å²) in [6.45, 7) is 2.57. The fraction of sp³-hybridized carbons (Fsp3) is 0.200. The summed E-state index contributed by atoms with van der Waals surface area (Å²) < 4.78 is 20.1. The fourth-order valence-corrected chi connectivity index (χ4v) is 4.72. The van der Waals surface area contributed by atoms with Crippen LogP contribution in [0.4, 0.5) is 4.39 Å². The number of nitrogens with one attached hydrogen (secondary N) is 1. The molecule has 1 saturated carbocycles. The lowest BCUT2D eigenvalue weighted by molar-refractivity contribution is -0.131. The molecule has 6 heteroatoms. The van der Waals surface area contributed by atoms with Crippen LogP contribution in [0, 0.1) is 11.9 Å². The second-order valence-electron chi connectivity index (χ2n) is 8.94. The number of aliphatic carboxylic acids is 1. The predicted octanol–water partition coefficient (Wildman–Crippen LogP) is 6.96. The van der Waals surface area contributed by atoms with Gasteiger partial charge < -0.3 is 9.84 Å². The molecule has 1 aliphatic carbocycles. The molecule has 0 bridgehead atoms. The summed E-state index contributed by atoms with van der Waals surface area (Å²) in [7, 11) is 0. The first-order chi connectivity index (χ1) is 17.5. The van der Waals surface area contributed by atoms with Crippen molar-refractivity contribution in [2.24, 2.45) is 5.92 Å². The minimum absolute atomic E-state index is 0.384. The molecule has 0 aliphatic heterocycles. The predicted molar refractivity (Wildman–Crippen MR) is 140 cm³/mol. The number of H-pyrrole nitrogens is 1. The van der Waals surface area contributed by atoms with Crippen molar-refractivity contribution in [3.05, 3.63) is 101 Å². The molecule has 182 valence electrons. The highest BCUT2D eigenvalue weighted by atomic mass is 19.1. The number of hydrogen-bond acceptors (Lipinski definition) is 3. The van der Waals surface area contributed by atoms with Crippen molar-refractivity contribution < 1.29 is 19.0 Å². The van der Waals surface area contributed by atoms with E-state index in [9.17, 15) is 9.18 Å². The number of halogens is 1. The first kappa shape index (κ1) is 23.5. The lowest BCUT2D eigenvalue weighted by Gasteiger charge is -2.31. The maximum Gasteiger partial charge on any atom is 0.328 e. The van der Waals surface area contributed by atoms with Crippen molar-refractivity contribution in [2.75, 3.05) is 6.61 Å². The van der Waals surface area contributed by atoms with Crippen molar-refractivity contribution in [2.45, 2.75) is 26.2 Å². The van der Waals surface area contributed by atoms with E-state index in [4.69, 9.17) is 9.84 Å². The summed E-state index contributed by atoms with van der Waals surface area (Å²) in [5.74, 6) is -0.230. The molecule has 0 spiro atoms. The van der Waals surface area contributed by atoms with E-state index in [0.29, 0.717) is 23.4 Å². The van der Waals surface area contributed by atoms with E-state index in [1.165, 1.54) is 12.0 Å². The van der Waals surface area contributed by atoms with Gasteiger partial charge in [-0.2, -0.15) is 9.49 Å². The quantitative estimate of drug-likeness (QED) is 0.210. The van der Waals surface area contributed by atoms with Crippen molar-refractivity contribution >= 4 is 34.1 Å². The number of allylic oxidation sites excluding steroid dienone is 1. The molecule has 5 rings (SSSR count). The third-order valence-electron chi connectivity index (χ3n) is 6.67. The molecule has 0 radical (unpaired) electrons. The Morgan fingerprint density at radius 2 is 1.75 bits per heavy atom. The summed E-state index contributed by atoms with van der Waals surface area (Å²) >= 11 is 0. The van der Waals surface area contributed by atoms with Gasteiger partial charge >= 0.3 is 5.97 Å². The number of rotatable bonds is 8. The molecule has 1 aromatic heterocycles. The maximum atomic E-state index is 14.5. The summed E-state index contributed by atoms with van der Waals surface area (Å²) in [4.78, 5) is 10.9. The average molecular weight is 483 g/mol. The second-order valence-corrected chi connectivity index (χ2v) is 8.94. The van der Waals surface area contributed by atoms with Crippen LogP contribution in [0.2, 0.25) is 0 Å². The summed E-state index contributed by atoms with van der Waals surface area (Å²) in [5.41, 5.74) is 6.65. The van der Waals surface area contributed by atoms with Gasteiger partial charge in [0.1, 0.15) is 5.75 Å². The molecular weight excluding hydrogens is 455 g/mol. The third-order valence-corrected chi connectivity index (χ3v) is 6.67. The molecule has 1 aliphatic rings.